The third-order valence-electron chi connectivity index (χ3n) is 3.03. The number of fused-ring (bicyclic) bond motifs is 1. The molecule has 0 aliphatic carbocycles. The van der Waals surface area contributed by atoms with E-state index in [1.165, 1.54) is 0 Å². The highest BCUT2D eigenvalue weighted by Crippen LogP contribution is 2.26. The highest BCUT2D eigenvalue weighted by molar-refractivity contribution is 5.93. The van der Waals surface area contributed by atoms with E-state index in [1.54, 1.807) is 0 Å². The van der Waals surface area contributed by atoms with Gasteiger partial charge in [-0.1, -0.05) is 18.2 Å². The zero-order valence-corrected chi connectivity index (χ0v) is 10.7. The second-order valence-corrected chi connectivity index (χ2v) is 4.58. The summed E-state index contributed by atoms with van der Waals surface area (Å²) in [5.41, 5.74) is 10.5. The normalized spacial score (nSPS) is 10.6. The van der Waals surface area contributed by atoms with Crippen LogP contribution in [0.5, 0.6) is 0 Å². The van der Waals surface area contributed by atoms with E-state index in [4.69, 9.17) is 5.73 Å². The van der Waals surface area contributed by atoms with Crippen LogP contribution < -0.4 is 11.1 Å². The maximum Gasteiger partial charge on any atom is 0.0726 e. The number of aromatic nitrogens is 1. The lowest BCUT2D eigenvalue weighted by Crippen LogP contribution is -1.95. The zero-order valence-electron chi connectivity index (χ0n) is 10.7. The molecule has 1 heterocycles. The predicted octanol–water partition coefficient (Wildman–Crippen LogP) is 3.87. The van der Waals surface area contributed by atoms with Crippen LogP contribution in [0.25, 0.3) is 10.9 Å². The first-order valence-electron chi connectivity index (χ1n) is 6.21. The topological polar surface area (TPSA) is 50.9 Å². The molecule has 0 radical (unpaired) electrons. The van der Waals surface area contributed by atoms with Gasteiger partial charge in [0.1, 0.15) is 0 Å². The van der Waals surface area contributed by atoms with Crippen molar-refractivity contribution in [3.63, 3.8) is 0 Å². The van der Waals surface area contributed by atoms with Gasteiger partial charge in [0.15, 0.2) is 0 Å². The van der Waals surface area contributed by atoms with Gasteiger partial charge in [0.2, 0.25) is 0 Å². The van der Waals surface area contributed by atoms with Crippen molar-refractivity contribution in [1.82, 2.24) is 4.98 Å². The van der Waals surface area contributed by atoms with Crippen molar-refractivity contribution < 1.29 is 0 Å². The van der Waals surface area contributed by atoms with Gasteiger partial charge in [-0.05, 0) is 43.3 Å². The molecule has 0 saturated heterocycles. The monoisotopic (exact) mass is 249 g/mol. The number of nitrogens with one attached hydrogen (secondary N) is 1. The van der Waals surface area contributed by atoms with Gasteiger partial charge in [0, 0.05) is 28.1 Å². The van der Waals surface area contributed by atoms with Crippen LogP contribution in [0, 0.1) is 6.92 Å². The van der Waals surface area contributed by atoms with Crippen LogP contribution in [0.2, 0.25) is 0 Å². The highest BCUT2D eigenvalue weighted by atomic mass is 14.9. The summed E-state index contributed by atoms with van der Waals surface area (Å²) in [6.07, 6.45) is 0. The molecule has 0 saturated carbocycles. The molecule has 3 aromatic rings. The zero-order chi connectivity index (χ0) is 13.2. The molecule has 3 heteroatoms. The van der Waals surface area contributed by atoms with Gasteiger partial charge in [-0.3, -0.25) is 4.98 Å². The molecule has 0 bridgehead atoms. The highest BCUT2D eigenvalue weighted by Gasteiger charge is 2.03. The summed E-state index contributed by atoms with van der Waals surface area (Å²) in [4.78, 5) is 4.53. The van der Waals surface area contributed by atoms with Crippen LogP contribution >= 0.6 is 0 Å². The largest absolute Gasteiger partial charge is 0.399 e. The van der Waals surface area contributed by atoms with E-state index in [1.807, 2.05) is 49.4 Å². The first-order chi connectivity index (χ1) is 9.22. The molecule has 94 valence electrons. The molecule has 3 rings (SSSR count). The summed E-state index contributed by atoms with van der Waals surface area (Å²) in [6, 6.07) is 17.9. The van der Waals surface area contributed by atoms with E-state index < -0.39 is 0 Å². The van der Waals surface area contributed by atoms with E-state index in [-0.39, 0.29) is 0 Å². The third-order valence-corrected chi connectivity index (χ3v) is 3.03. The molecule has 0 aliphatic heterocycles. The Morgan fingerprint density at radius 1 is 1.00 bits per heavy atom. The van der Waals surface area contributed by atoms with Crippen molar-refractivity contribution in [3.8, 4) is 0 Å². The fraction of sp³-hybridized carbons (Fsp3) is 0.0625. The summed E-state index contributed by atoms with van der Waals surface area (Å²) >= 11 is 0. The minimum Gasteiger partial charge on any atom is -0.399 e. The summed E-state index contributed by atoms with van der Waals surface area (Å²) in [5, 5.41) is 4.54. The Hall–Kier alpha value is -2.55. The lowest BCUT2D eigenvalue weighted by molar-refractivity contribution is 1.25. The molecule has 1 aromatic heterocycles. The molecular weight excluding hydrogens is 234 g/mol. The number of benzene rings is 2. The Balaban J connectivity index is 2.07. The van der Waals surface area contributed by atoms with Gasteiger partial charge in [-0.25, -0.2) is 0 Å². The number of aryl methyl sites for hydroxylation is 1. The minimum absolute atomic E-state index is 0.765. The number of hydrogen-bond donors (Lipinski definition) is 2. The van der Waals surface area contributed by atoms with Crippen LogP contribution in [0.3, 0.4) is 0 Å². The fourth-order valence-electron chi connectivity index (χ4n) is 2.13. The molecule has 2 aromatic carbocycles. The number of anilines is 3. The quantitative estimate of drug-likeness (QED) is 0.678. The van der Waals surface area contributed by atoms with Crippen LogP contribution in [0.1, 0.15) is 5.69 Å². The van der Waals surface area contributed by atoms with Crippen molar-refractivity contribution in [2.24, 2.45) is 0 Å². The number of nitrogen functional groups attached to an aromatic ring is 1. The number of nitrogens with two attached hydrogens (primary N) is 1. The SMILES string of the molecule is Cc1cc(Nc2ccc(N)cc2)c2ccccc2n1. The number of para-hydroxylation sites is 1. The number of pyridine rings is 1. The summed E-state index contributed by atoms with van der Waals surface area (Å²) in [5.74, 6) is 0. The van der Waals surface area contributed by atoms with Crippen LogP contribution in [-0.4, -0.2) is 4.98 Å². The smallest absolute Gasteiger partial charge is 0.0726 e. The molecular formula is C16H15N3. The van der Waals surface area contributed by atoms with Gasteiger partial charge in [-0.15, -0.1) is 0 Å². The maximum absolute atomic E-state index is 5.70. The Labute approximate surface area is 112 Å². The van der Waals surface area contributed by atoms with Gasteiger partial charge in [0.05, 0.1) is 5.52 Å². The summed E-state index contributed by atoms with van der Waals surface area (Å²) < 4.78 is 0. The lowest BCUT2D eigenvalue weighted by Gasteiger charge is -2.11. The van der Waals surface area contributed by atoms with Crippen LogP contribution in [0.15, 0.2) is 54.6 Å². The Morgan fingerprint density at radius 2 is 1.74 bits per heavy atom. The van der Waals surface area contributed by atoms with Gasteiger partial charge in [0.25, 0.3) is 0 Å². The number of hydrogen-bond acceptors (Lipinski definition) is 3. The summed E-state index contributed by atoms with van der Waals surface area (Å²) in [7, 11) is 0. The first kappa shape index (κ1) is 11.5. The summed E-state index contributed by atoms with van der Waals surface area (Å²) in [6.45, 7) is 2.00. The van der Waals surface area contributed by atoms with Crippen molar-refractivity contribution >= 4 is 28.0 Å². The van der Waals surface area contributed by atoms with E-state index in [2.05, 4.69) is 22.4 Å². The van der Waals surface area contributed by atoms with Gasteiger partial charge >= 0.3 is 0 Å². The number of rotatable bonds is 2. The van der Waals surface area contributed by atoms with Crippen LogP contribution in [0.4, 0.5) is 17.1 Å². The molecule has 3 nitrogen and oxygen atoms in total. The van der Waals surface area contributed by atoms with E-state index in [0.717, 1.165) is 33.7 Å². The second-order valence-electron chi connectivity index (χ2n) is 4.58. The van der Waals surface area contributed by atoms with Crippen molar-refractivity contribution in [3.05, 3.63) is 60.3 Å². The maximum atomic E-state index is 5.70. The third kappa shape index (κ3) is 2.36. The van der Waals surface area contributed by atoms with Crippen molar-refractivity contribution in [2.45, 2.75) is 6.92 Å². The predicted molar refractivity (Wildman–Crippen MR) is 80.6 cm³/mol. The number of nitrogens with zero attached hydrogens (tertiary/aromatic N) is 1. The standard InChI is InChI=1S/C16H15N3/c1-11-10-16(14-4-2-3-5-15(14)18-11)19-13-8-6-12(17)7-9-13/h2-10H,17H2,1H3,(H,18,19). The lowest BCUT2D eigenvalue weighted by atomic mass is 10.1. The molecule has 3 N–H and O–H groups in total. The molecule has 0 fully saturated rings. The average Bonchev–Trinajstić information content (AvgIpc) is 2.41. The van der Waals surface area contributed by atoms with Crippen molar-refractivity contribution in [2.75, 3.05) is 11.1 Å². The first-order valence-corrected chi connectivity index (χ1v) is 6.21. The van der Waals surface area contributed by atoms with Crippen molar-refractivity contribution in [1.29, 1.82) is 0 Å². The van der Waals surface area contributed by atoms with Crippen LogP contribution in [-0.2, 0) is 0 Å². The molecule has 0 spiro atoms. The molecule has 0 aliphatic rings. The molecule has 0 amide bonds. The van der Waals surface area contributed by atoms with Gasteiger partial charge < -0.3 is 11.1 Å². The second kappa shape index (κ2) is 4.61. The average molecular weight is 249 g/mol. The van der Waals surface area contributed by atoms with E-state index in [9.17, 15) is 0 Å². The van der Waals surface area contributed by atoms with E-state index in [0.29, 0.717) is 0 Å². The van der Waals surface area contributed by atoms with Gasteiger partial charge in [-0.2, -0.15) is 0 Å². The molecule has 0 atom stereocenters. The Kier molecular flexibility index (Phi) is 2.80. The molecule has 0 unspecified atom stereocenters. The fourth-order valence-corrected chi connectivity index (χ4v) is 2.13. The minimum atomic E-state index is 0.765. The van der Waals surface area contributed by atoms with E-state index >= 15 is 0 Å². The molecule has 19 heavy (non-hydrogen) atoms. The Morgan fingerprint density at radius 3 is 2.53 bits per heavy atom. The Bertz CT molecular complexity index is 718.